The van der Waals surface area contributed by atoms with Gasteiger partial charge in [0.25, 0.3) is 0 Å². The van der Waals surface area contributed by atoms with E-state index in [1.165, 1.54) is 18.9 Å². The predicted molar refractivity (Wildman–Crippen MR) is 115 cm³/mol. The monoisotopic (exact) mass is 467 g/mol. The van der Waals surface area contributed by atoms with Crippen LogP contribution in [0.2, 0.25) is 0 Å². The third-order valence-electron chi connectivity index (χ3n) is 4.53. The minimum Gasteiger partial charge on any atom is -0.446 e. The van der Waals surface area contributed by atoms with E-state index in [1.807, 2.05) is 37.3 Å². The first-order chi connectivity index (χ1) is 14.3. The van der Waals surface area contributed by atoms with Crippen molar-refractivity contribution in [2.45, 2.75) is 27.0 Å². The Labute approximate surface area is 181 Å². The van der Waals surface area contributed by atoms with Gasteiger partial charge in [-0.25, -0.2) is 0 Å². The maximum atomic E-state index is 12.4. The Morgan fingerprint density at radius 3 is 2.63 bits per heavy atom. The molecule has 152 valence electrons. The van der Waals surface area contributed by atoms with E-state index >= 15 is 0 Å². The number of hydrogen-bond donors (Lipinski definition) is 0. The van der Waals surface area contributed by atoms with Crippen molar-refractivity contribution in [1.82, 2.24) is 9.99 Å². The highest BCUT2D eigenvalue weighted by atomic mass is 79.9. The number of carbonyl (C=O) groups excluding carboxylic acids is 2. The van der Waals surface area contributed by atoms with Crippen molar-refractivity contribution in [3.63, 3.8) is 0 Å². The van der Waals surface area contributed by atoms with E-state index in [0.29, 0.717) is 11.3 Å². The number of nitrogens with zero attached hydrogens (tertiary/aromatic N) is 3. The summed E-state index contributed by atoms with van der Waals surface area (Å²) in [6.45, 7) is 4.63. The first-order valence-electron chi connectivity index (χ1n) is 9.23. The van der Waals surface area contributed by atoms with Crippen LogP contribution in [0.15, 0.2) is 58.1 Å². The van der Waals surface area contributed by atoms with Gasteiger partial charge in [-0.1, -0.05) is 34.1 Å². The minimum atomic E-state index is -0.770. The third kappa shape index (κ3) is 3.78. The van der Waals surface area contributed by atoms with E-state index in [1.54, 1.807) is 18.2 Å². The number of fused-ring (bicyclic) bond motifs is 1. The predicted octanol–water partition coefficient (Wildman–Crippen LogP) is 4.47. The zero-order chi connectivity index (χ0) is 21.4. The second kappa shape index (κ2) is 7.87. The first-order valence-corrected chi connectivity index (χ1v) is 10.0. The van der Waals surface area contributed by atoms with Crippen LogP contribution in [-0.2, 0) is 14.3 Å². The van der Waals surface area contributed by atoms with E-state index in [9.17, 15) is 9.59 Å². The van der Waals surface area contributed by atoms with Crippen molar-refractivity contribution in [2.24, 2.45) is 5.10 Å². The SMILES string of the molecule is CC(=O)Oc1ccc(Br)cc1C1=NN(C(C)=O)[C@@H](c2cc(C)nc3ccccc23)O1. The van der Waals surface area contributed by atoms with Gasteiger partial charge in [0.05, 0.1) is 11.1 Å². The first kappa shape index (κ1) is 20.0. The summed E-state index contributed by atoms with van der Waals surface area (Å²) in [7, 11) is 0. The highest BCUT2D eigenvalue weighted by molar-refractivity contribution is 9.10. The molecule has 1 atom stereocenters. The average molecular weight is 468 g/mol. The summed E-state index contributed by atoms with van der Waals surface area (Å²) in [6, 6.07) is 14.7. The Morgan fingerprint density at radius 2 is 1.90 bits per heavy atom. The van der Waals surface area contributed by atoms with Gasteiger partial charge in [-0.15, -0.1) is 5.10 Å². The van der Waals surface area contributed by atoms with Gasteiger partial charge < -0.3 is 9.47 Å². The fourth-order valence-electron chi connectivity index (χ4n) is 3.34. The standard InChI is InChI=1S/C22H18BrN3O4/c1-12-10-17(16-6-4-5-7-19(16)24-12)22-26(13(2)27)25-21(30-22)18-11-15(23)8-9-20(18)29-14(3)28/h4-11,22H,1-3H3/t22-/m1/s1. The van der Waals surface area contributed by atoms with Gasteiger partial charge in [0.15, 0.2) is 0 Å². The number of hydrazone groups is 1. The van der Waals surface area contributed by atoms with Crippen molar-refractivity contribution in [3.8, 4) is 5.75 Å². The number of aryl methyl sites for hydroxylation is 1. The van der Waals surface area contributed by atoms with Gasteiger partial charge in [-0.3, -0.25) is 14.6 Å². The van der Waals surface area contributed by atoms with Crippen LogP contribution < -0.4 is 4.74 Å². The molecule has 8 heteroatoms. The van der Waals surface area contributed by atoms with Crippen LogP contribution in [0.4, 0.5) is 0 Å². The lowest BCUT2D eigenvalue weighted by atomic mass is 10.1. The molecule has 0 saturated carbocycles. The molecule has 3 aromatic rings. The number of esters is 1. The normalized spacial score (nSPS) is 15.7. The molecule has 0 unspecified atom stereocenters. The summed E-state index contributed by atoms with van der Waals surface area (Å²) < 4.78 is 12.2. The van der Waals surface area contributed by atoms with Crippen LogP contribution >= 0.6 is 15.9 Å². The van der Waals surface area contributed by atoms with Crippen LogP contribution in [0.3, 0.4) is 0 Å². The zero-order valence-electron chi connectivity index (χ0n) is 16.5. The number of pyridine rings is 1. The van der Waals surface area contributed by atoms with Crippen molar-refractivity contribution in [3.05, 3.63) is 69.8 Å². The molecule has 0 fully saturated rings. The van der Waals surface area contributed by atoms with E-state index in [4.69, 9.17) is 9.47 Å². The molecule has 0 bridgehead atoms. The zero-order valence-corrected chi connectivity index (χ0v) is 18.1. The van der Waals surface area contributed by atoms with Crippen LogP contribution in [0.25, 0.3) is 10.9 Å². The number of carbonyl (C=O) groups is 2. The molecule has 0 saturated heterocycles. The number of halogens is 1. The second-order valence-electron chi connectivity index (χ2n) is 6.84. The van der Waals surface area contributed by atoms with E-state index in [0.717, 1.165) is 26.6 Å². The summed E-state index contributed by atoms with van der Waals surface area (Å²) in [5, 5.41) is 6.56. The van der Waals surface area contributed by atoms with Gasteiger partial charge in [0.2, 0.25) is 18.0 Å². The molecule has 0 spiro atoms. The molecule has 2 aromatic carbocycles. The summed E-state index contributed by atoms with van der Waals surface area (Å²) in [6.07, 6.45) is -0.770. The summed E-state index contributed by atoms with van der Waals surface area (Å²) in [5.74, 6) is -0.263. The van der Waals surface area contributed by atoms with Crippen LogP contribution in [0.5, 0.6) is 5.75 Å². The van der Waals surface area contributed by atoms with Gasteiger partial charge in [0.1, 0.15) is 5.75 Å². The molecule has 2 heterocycles. The van der Waals surface area contributed by atoms with Gasteiger partial charge in [0, 0.05) is 35.0 Å². The highest BCUT2D eigenvalue weighted by Crippen LogP contribution is 2.36. The summed E-state index contributed by atoms with van der Waals surface area (Å²) >= 11 is 3.42. The van der Waals surface area contributed by atoms with E-state index in [-0.39, 0.29) is 11.8 Å². The van der Waals surface area contributed by atoms with E-state index < -0.39 is 12.2 Å². The molecule has 1 aromatic heterocycles. The Hall–Kier alpha value is -3.26. The Kier molecular flexibility index (Phi) is 5.26. The number of benzene rings is 2. The fraction of sp³-hybridized carbons (Fsp3) is 0.182. The lowest BCUT2D eigenvalue weighted by Crippen LogP contribution is -2.25. The van der Waals surface area contributed by atoms with Crippen molar-refractivity contribution < 1.29 is 19.1 Å². The molecule has 7 nitrogen and oxygen atoms in total. The number of rotatable bonds is 3. The minimum absolute atomic E-state index is 0.186. The molecular formula is C22H18BrN3O4. The molecule has 4 rings (SSSR count). The molecule has 0 aliphatic carbocycles. The molecule has 0 N–H and O–H groups in total. The second-order valence-corrected chi connectivity index (χ2v) is 7.76. The van der Waals surface area contributed by atoms with Crippen molar-refractivity contribution >= 4 is 44.6 Å². The summed E-state index contributed by atoms with van der Waals surface area (Å²) in [5.41, 5.74) is 2.84. The largest absolute Gasteiger partial charge is 0.446 e. The Balaban J connectivity index is 1.82. The lowest BCUT2D eigenvalue weighted by Gasteiger charge is -2.21. The highest BCUT2D eigenvalue weighted by Gasteiger charge is 2.35. The van der Waals surface area contributed by atoms with Crippen LogP contribution in [0.1, 0.15) is 36.9 Å². The molecule has 1 aliphatic heterocycles. The third-order valence-corrected chi connectivity index (χ3v) is 5.03. The smallest absolute Gasteiger partial charge is 0.308 e. The molecular weight excluding hydrogens is 450 g/mol. The van der Waals surface area contributed by atoms with Crippen LogP contribution in [-0.4, -0.2) is 27.8 Å². The maximum absolute atomic E-state index is 12.4. The van der Waals surface area contributed by atoms with Gasteiger partial charge in [-0.2, -0.15) is 5.01 Å². The number of ether oxygens (including phenoxy) is 2. The molecule has 1 amide bonds. The maximum Gasteiger partial charge on any atom is 0.308 e. The quantitative estimate of drug-likeness (QED) is 0.419. The summed E-state index contributed by atoms with van der Waals surface area (Å²) in [4.78, 5) is 28.5. The number of amides is 1. The van der Waals surface area contributed by atoms with Crippen molar-refractivity contribution in [1.29, 1.82) is 0 Å². The van der Waals surface area contributed by atoms with Gasteiger partial charge >= 0.3 is 5.97 Å². The Bertz CT molecular complexity index is 1210. The van der Waals surface area contributed by atoms with Gasteiger partial charge in [-0.05, 0) is 37.3 Å². The number of para-hydroxylation sites is 1. The number of hydrogen-bond acceptors (Lipinski definition) is 6. The molecule has 0 radical (unpaired) electrons. The fourth-order valence-corrected chi connectivity index (χ4v) is 3.70. The topological polar surface area (TPSA) is 81.1 Å². The van der Waals surface area contributed by atoms with Crippen LogP contribution in [0, 0.1) is 6.92 Å². The lowest BCUT2D eigenvalue weighted by molar-refractivity contribution is -0.135. The number of aromatic nitrogens is 1. The van der Waals surface area contributed by atoms with E-state index in [2.05, 4.69) is 26.0 Å². The average Bonchev–Trinajstić information content (AvgIpc) is 3.14. The van der Waals surface area contributed by atoms with Crippen molar-refractivity contribution in [2.75, 3.05) is 0 Å². The Morgan fingerprint density at radius 1 is 1.13 bits per heavy atom. The molecule has 30 heavy (non-hydrogen) atoms. The molecule has 1 aliphatic rings.